The van der Waals surface area contributed by atoms with Gasteiger partial charge in [-0.15, -0.1) is 0 Å². The zero-order chi connectivity index (χ0) is 10.8. The molecule has 2 aromatic rings. The van der Waals surface area contributed by atoms with E-state index in [2.05, 4.69) is 4.98 Å². The molecule has 0 aliphatic rings. The fraction of sp³-hybridized carbons (Fsp3) is 0.167. The van der Waals surface area contributed by atoms with E-state index in [1.165, 1.54) is 6.26 Å². The molecule has 76 valence electrons. The van der Waals surface area contributed by atoms with Gasteiger partial charge in [0.05, 0.1) is 6.26 Å². The molecule has 2 rings (SSSR count). The molecule has 0 amide bonds. The maximum Gasteiger partial charge on any atom is 0.246 e. The predicted molar refractivity (Wildman–Crippen MR) is 55.9 cm³/mol. The van der Waals surface area contributed by atoms with Crippen LogP contribution in [0.4, 0.5) is 0 Å². The second kappa shape index (κ2) is 3.69. The summed E-state index contributed by atoms with van der Waals surface area (Å²) in [6, 6.07) is 5.22. The molecule has 0 fully saturated rings. The van der Waals surface area contributed by atoms with E-state index in [4.69, 9.17) is 4.42 Å². The molecule has 2 aromatic heterocycles. The number of hydrogen-bond acceptors (Lipinski definition) is 3. The van der Waals surface area contributed by atoms with Crippen LogP contribution in [-0.4, -0.2) is 10.8 Å². The van der Waals surface area contributed by atoms with Gasteiger partial charge >= 0.3 is 0 Å². The average Bonchev–Trinajstić information content (AvgIpc) is 2.74. The normalized spacial score (nSPS) is 10.3. The van der Waals surface area contributed by atoms with E-state index >= 15 is 0 Å². The summed E-state index contributed by atoms with van der Waals surface area (Å²) in [7, 11) is 0. The number of aromatic nitrogens is 1. The van der Waals surface area contributed by atoms with Crippen molar-refractivity contribution in [3.63, 3.8) is 0 Å². The van der Waals surface area contributed by atoms with Crippen molar-refractivity contribution in [1.29, 1.82) is 0 Å². The quantitative estimate of drug-likeness (QED) is 0.701. The minimum Gasteiger partial charge on any atom is -0.461 e. The summed E-state index contributed by atoms with van der Waals surface area (Å²) in [6.07, 6.45) is 3.12. The summed E-state index contributed by atoms with van der Waals surface area (Å²) in [5.41, 5.74) is 2.42. The van der Waals surface area contributed by atoms with E-state index in [1.807, 2.05) is 19.9 Å². The van der Waals surface area contributed by atoms with Gasteiger partial charge < -0.3 is 4.42 Å². The number of ketones is 1. The first-order valence-corrected chi connectivity index (χ1v) is 4.70. The van der Waals surface area contributed by atoms with Crippen molar-refractivity contribution in [2.45, 2.75) is 13.8 Å². The van der Waals surface area contributed by atoms with Gasteiger partial charge in [-0.3, -0.25) is 9.78 Å². The van der Waals surface area contributed by atoms with Crippen LogP contribution in [0, 0.1) is 13.8 Å². The van der Waals surface area contributed by atoms with Gasteiger partial charge in [0.15, 0.2) is 5.76 Å². The van der Waals surface area contributed by atoms with Crippen molar-refractivity contribution in [3.05, 3.63) is 53.2 Å². The zero-order valence-corrected chi connectivity index (χ0v) is 8.65. The molecule has 0 saturated heterocycles. The molecule has 3 heteroatoms. The Labute approximate surface area is 87.8 Å². The molecule has 0 aliphatic carbocycles. The van der Waals surface area contributed by atoms with Crippen molar-refractivity contribution >= 4 is 5.78 Å². The Morgan fingerprint density at radius 2 is 2.13 bits per heavy atom. The Morgan fingerprint density at radius 3 is 2.80 bits per heavy atom. The van der Waals surface area contributed by atoms with E-state index < -0.39 is 0 Å². The Balaban J connectivity index is 2.47. The lowest BCUT2D eigenvalue weighted by molar-refractivity contribution is 0.100. The van der Waals surface area contributed by atoms with Gasteiger partial charge in [-0.05, 0) is 43.2 Å². The Morgan fingerprint density at radius 1 is 1.33 bits per heavy atom. The number of furan rings is 1. The van der Waals surface area contributed by atoms with Gasteiger partial charge in [-0.1, -0.05) is 0 Å². The van der Waals surface area contributed by atoms with Crippen molar-refractivity contribution in [2.24, 2.45) is 0 Å². The highest BCUT2D eigenvalue weighted by Gasteiger charge is 2.16. The number of carbonyl (C=O) groups excluding carboxylic acids is 1. The number of pyridine rings is 1. The van der Waals surface area contributed by atoms with Crippen LogP contribution >= 0.6 is 0 Å². The number of hydrogen-bond donors (Lipinski definition) is 0. The van der Waals surface area contributed by atoms with Crippen molar-refractivity contribution in [2.75, 3.05) is 0 Å². The maximum atomic E-state index is 11.9. The topological polar surface area (TPSA) is 43.1 Å². The molecule has 0 spiro atoms. The number of carbonyl (C=O) groups is 1. The van der Waals surface area contributed by atoms with Gasteiger partial charge in [-0.2, -0.15) is 0 Å². The molecule has 0 aromatic carbocycles. The van der Waals surface area contributed by atoms with Crippen LogP contribution in [0.3, 0.4) is 0 Å². The van der Waals surface area contributed by atoms with Crippen molar-refractivity contribution in [3.8, 4) is 0 Å². The molecular weight excluding hydrogens is 190 g/mol. The fourth-order valence-corrected chi connectivity index (χ4v) is 1.39. The molecule has 0 unspecified atom stereocenters. The van der Waals surface area contributed by atoms with E-state index in [0.29, 0.717) is 11.5 Å². The highest BCUT2D eigenvalue weighted by atomic mass is 16.3. The first-order chi connectivity index (χ1) is 7.20. The van der Waals surface area contributed by atoms with Gasteiger partial charge in [0.2, 0.25) is 5.78 Å². The van der Waals surface area contributed by atoms with E-state index in [-0.39, 0.29) is 5.78 Å². The summed E-state index contributed by atoms with van der Waals surface area (Å²) in [5, 5.41) is 0. The third kappa shape index (κ3) is 1.68. The van der Waals surface area contributed by atoms with E-state index in [1.54, 1.807) is 18.3 Å². The summed E-state index contributed by atoms with van der Waals surface area (Å²) >= 11 is 0. The molecule has 3 nitrogen and oxygen atoms in total. The molecule has 15 heavy (non-hydrogen) atoms. The van der Waals surface area contributed by atoms with Crippen LogP contribution in [0.2, 0.25) is 0 Å². The summed E-state index contributed by atoms with van der Waals surface area (Å²) in [5.74, 6) is 0.164. The highest BCUT2D eigenvalue weighted by molar-refractivity contribution is 6.06. The molecule has 0 saturated carbocycles. The Hall–Kier alpha value is -1.90. The Kier molecular flexibility index (Phi) is 2.37. The van der Waals surface area contributed by atoms with Gasteiger partial charge in [0, 0.05) is 6.20 Å². The summed E-state index contributed by atoms with van der Waals surface area (Å²) < 4.78 is 5.06. The standard InChI is InChI=1S/C12H11NO2/c1-8-5-6-13-11(9(8)2)12(14)10-4-3-7-15-10/h3-7H,1-2H3. The SMILES string of the molecule is Cc1ccnc(C(=O)c2ccco2)c1C. The van der Waals surface area contributed by atoms with Crippen LogP contribution in [0.15, 0.2) is 35.1 Å². The maximum absolute atomic E-state index is 11.9. The lowest BCUT2D eigenvalue weighted by atomic mass is 10.1. The number of rotatable bonds is 2. The van der Waals surface area contributed by atoms with Gasteiger partial charge in [-0.25, -0.2) is 0 Å². The van der Waals surface area contributed by atoms with Gasteiger partial charge in [0.25, 0.3) is 0 Å². The van der Waals surface area contributed by atoms with Crippen molar-refractivity contribution < 1.29 is 9.21 Å². The fourth-order valence-electron chi connectivity index (χ4n) is 1.39. The van der Waals surface area contributed by atoms with Crippen LogP contribution in [0.5, 0.6) is 0 Å². The number of nitrogens with zero attached hydrogens (tertiary/aromatic N) is 1. The van der Waals surface area contributed by atoms with E-state index in [9.17, 15) is 4.79 Å². The molecule has 2 heterocycles. The van der Waals surface area contributed by atoms with Crippen LogP contribution in [0.1, 0.15) is 27.4 Å². The number of aryl methyl sites for hydroxylation is 1. The largest absolute Gasteiger partial charge is 0.461 e. The third-order valence-electron chi connectivity index (χ3n) is 2.43. The molecule has 0 radical (unpaired) electrons. The second-order valence-corrected chi connectivity index (χ2v) is 3.41. The zero-order valence-electron chi connectivity index (χ0n) is 8.65. The molecule has 0 aliphatic heterocycles. The monoisotopic (exact) mass is 201 g/mol. The third-order valence-corrected chi connectivity index (χ3v) is 2.43. The molecule has 0 atom stereocenters. The average molecular weight is 201 g/mol. The van der Waals surface area contributed by atoms with Gasteiger partial charge in [0.1, 0.15) is 5.69 Å². The first kappa shape index (κ1) is 9.65. The second-order valence-electron chi connectivity index (χ2n) is 3.41. The predicted octanol–water partition coefficient (Wildman–Crippen LogP) is 2.52. The van der Waals surface area contributed by atoms with Crippen LogP contribution in [0.25, 0.3) is 0 Å². The first-order valence-electron chi connectivity index (χ1n) is 4.70. The summed E-state index contributed by atoms with van der Waals surface area (Å²) in [6.45, 7) is 3.84. The minimum atomic E-state index is -0.166. The lowest BCUT2D eigenvalue weighted by Gasteiger charge is -2.04. The molecule has 0 bridgehead atoms. The molecular formula is C12H11NO2. The lowest BCUT2D eigenvalue weighted by Crippen LogP contribution is -2.06. The summed E-state index contributed by atoms with van der Waals surface area (Å²) in [4.78, 5) is 16.0. The van der Waals surface area contributed by atoms with E-state index in [0.717, 1.165) is 11.1 Å². The molecule has 0 N–H and O–H groups in total. The minimum absolute atomic E-state index is 0.166. The highest BCUT2D eigenvalue weighted by Crippen LogP contribution is 2.14. The van der Waals surface area contributed by atoms with Crippen LogP contribution in [-0.2, 0) is 0 Å². The smallest absolute Gasteiger partial charge is 0.246 e. The van der Waals surface area contributed by atoms with Crippen LogP contribution < -0.4 is 0 Å². The van der Waals surface area contributed by atoms with Crippen molar-refractivity contribution in [1.82, 2.24) is 4.98 Å². The Bertz CT molecular complexity index is 486.